The van der Waals surface area contributed by atoms with Crippen molar-refractivity contribution in [3.05, 3.63) is 28.0 Å². The fourth-order valence-corrected chi connectivity index (χ4v) is 1.55. The zero-order valence-corrected chi connectivity index (χ0v) is 9.98. The van der Waals surface area contributed by atoms with Gasteiger partial charge in [-0.1, -0.05) is 23.2 Å². The van der Waals surface area contributed by atoms with Crippen molar-refractivity contribution in [1.29, 1.82) is 0 Å². The average Bonchev–Trinajstić information content (AvgIpc) is 2.22. The lowest BCUT2D eigenvalue weighted by atomic mass is 10.2. The van der Waals surface area contributed by atoms with Crippen molar-refractivity contribution in [3.8, 4) is 12.3 Å². The van der Waals surface area contributed by atoms with Crippen molar-refractivity contribution in [1.82, 2.24) is 10.3 Å². The van der Waals surface area contributed by atoms with Crippen LogP contribution in [0.1, 0.15) is 23.2 Å². The Morgan fingerprint density at radius 1 is 1.44 bits per heavy atom. The molecule has 0 spiro atoms. The summed E-state index contributed by atoms with van der Waals surface area (Å²) >= 11 is 11.4. The molecule has 84 valence electrons. The van der Waals surface area contributed by atoms with Crippen LogP contribution < -0.4 is 5.32 Å². The maximum Gasteiger partial charge on any atom is 0.251 e. The lowest BCUT2D eigenvalue weighted by Crippen LogP contribution is -2.24. The van der Waals surface area contributed by atoms with Crippen molar-refractivity contribution in [2.45, 2.75) is 12.8 Å². The third kappa shape index (κ3) is 4.09. The van der Waals surface area contributed by atoms with Gasteiger partial charge in [-0.25, -0.2) is 4.98 Å². The first-order valence-electron chi connectivity index (χ1n) is 4.68. The Morgan fingerprint density at radius 3 is 2.62 bits per heavy atom. The van der Waals surface area contributed by atoms with E-state index in [1.54, 1.807) is 0 Å². The van der Waals surface area contributed by atoms with E-state index in [1.165, 1.54) is 12.1 Å². The minimum absolute atomic E-state index is 0.196. The Labute approximate surface area is 104 Å². The summed E-state index contributed by atoms with van der Waals surface area (Å²) in [4.78, 5) is 15.4. The monoisotopic (exact) mass is 256 g/mol. The molecule has 0 saturated carbocycles. The number of carbonyl (C=O) groups is 1. The number of unbranched alkanes of at least 4 members (excludes halogenated alkanes) is 1. The maximum absolute atomic E-state index is 11.6. The lowest BCUT2D eigenvalue weighted by Gasteiger charge is -2.04. The van der Waals surface area contributed by atoms with Crippen LogP contribution in [0.15, 0.2) is 12.1 Å². The standard InChI is InChI=1S/C11H10Cl2N2O/c1-2-3-4-5-14-11(16)8-6-9(12)15-10(13)7-8/h1,6-7H,3-5H2,(H,14,16). The first kappa shape index (κ1) is 12.8. The quantitative estimate of drug-likeness (QED) is 0.511. The smallest absolute Gasteiger partial charge is 0.251 e. The average molecular weight is 257 g/mol. The van der Waals surface area contributed by atoms with Crippen molar-refractivity contribution in [3.63, 3.8) is 0 Å². The highest BCUT2D eigenvalue weighted by molar-refractivity contribution is 6.33. The summed E-state index contributed by atoms with van der Waals surface area (Å²) in [5, 5.41) is 3.10. The van der Waals surface area contributed by atoms with Gasteiger partial charge in [0.1, 0.15) is 10.3 Å². The summed E-state index contributed by atoms with van der Waals surface area (Å²) in [6, 6.07) is 2.92. The fraction of sp³-hybridized carbons (Fsp3) is 0.273. The van der Waals surface area contributed by atoms with Crippen molar-refractivity contribution >= 4 is 29.1 Å². The molecule has 5 heteroatoms. The molecule has 0 radical (unpaired) electrons. The van der Waals surface area contributed by atoms with Gasteiger partial charge in [-0.2, -0.15) is 0 Å². The molecule has 0 unspecified atom stereocenters. The number of aromatic nitrogens is 1. The second kappa shape index (κ2) is 6.37. The molecule has 1 N–H and O–H groups in total. The molecule has 0 fully saturated rings. The van der Waals surface area contributed by atoms with Crippen molar-refractivity contribution in [2.24, 2.45) is 0 Å². The van der Waals surface area contributed by atoms with Gasteiger partial charge in [-0.15, -0.1) is 12.3 Å². The molecular formula is C11H10Cl2N2O. The number of hydrogen-bond donors (Lipinski definition) is 1. The van der Waals surface area contributed by atoms with E-state index < -0.39 is 0 Å². The van der Waals surface area contributed by atoms with Crippen LogP contribution in [0.2, 0.25) is 10.3 Å². The van der Waals surface area contributed by atoms with Crippen LogP contribution in [0.25, 0.3) is 0 Å². The first-order chi connectivity index (χ1) is 7.63. The Hall–Kier alpha value is -1.24. The van der Waals surface area contributed by atoms with E-state index in [2.05, 4.69) is 16.2 Å². The van der Waals surface area contributed by atoms with Crippen molar-refractivity contribution < 1.29 is 4.79 Å². The molecule has 3 nitrogen and oxygen atoms in total. The van der Waals surface area contributed by atoms with Crippen LogP contribution in [-0.4, -0.2) is 17.4 Å². The predicted octanol–water partition coefficient (Wildman–Crippen LogP) is 2.53. The van der Waals surface area contributed by atoms with Gasteiger partial charge in [0.2, 0.25) is 0 Å². The summed E-state index contributed by atoms with van der Waals surface area (Å²) in [5.41, 5.74) is 0.394. The Kier molecular flexibility index (Phi) is 5.10. The number of nitrogens with zero attached hydrogens (tertiary/aromatic N) is 1. The normalized spacial score (nSPS) is 9.56. The van der Waals surface area contributed by atoms with E-state index in [0.717, 1.165) is 6.42 Å². The third-order valence-corrected chi connectivity index (χ3v) is 2.20. The highest BCUT2D eigenvalue weighted by atomic mass is 35.5. The van der Waals surface area contributed by atoms with Crippen LogP contribution >= 0.6 is 23.2 Å². The van der Waals surface area contributed by atoms with Crippen LogP contribution in [0.3, 0.4) is 0 Å². The largest absolute Gasteiger partial charge is 0.352 e. The van der Waals surface area contributed by atoms with Gasteiger partial charge >= 0.3 is 0 Å². The number of terminal acetylenes is 1. The minimum atomic E-state index is -0.233. The zero-order chi connectivity index (χ0) is 12.0. The molecule has 0 bridgehead atoms. The van der Waals surface area contributed by atoms with Crippen molar-refractivity contribution in [2.75, 3.05) is 6.54 Å². The molecule has 1 amide bonds. The number of hydrogen-bond acceptors (Lipinski definition) is 2. The van der Waals surface area contributed by atoms with Gasteiger partial charge in [0.15, 0.2) is 0 Å². The molecule has 0 aromatic carbocycles. The summed E-state index contributed by atoms with van der Waals surface area (Å²) in [6.45, 7) is 0.528. The lowest BCUT2D eigenvalue weighted by molar-refractivity contribution is 0.0953. The Balaban J connectivity index is 2.56. The number of carbonyl (C=O) groups excluding carboxylic acids is 1. The minimum Gasteiger partial charge on any atom is -0.352 e. The third-order valence-electron chi connectivity index (χ3n) is 1.81. The van der Waals surface area contributed by atoms with E-state index in [0.29, 0.717) is 18.5 Å². The zero-order valence-electron chi connectivity index (χ0n) is 8.46. The number of nitrogens with one attached hydrogen (secondary N) is 1. The second-order valence-electron chi connectivity index (χ2n) is 3.06. The highest BCUT2D eigenvalue weighted by Crippen LogP contribution is 2.14. The molecule has 1 heterocycles. The molecule has 1 aromatic rings. The van der Waals surface area contributed by atoms with Gasteiger partial charge in [0.05, 0.1) is 0 Å². The number of amides is 1. The molecule has 16 heavy (non-hydrogen) atoms. The number of rotatable bonds is 4. The summed E-state index contributed by atoms with van der Waals surface area (Å²) < 4.78 is 0. The summed E-state index contributed by atoms with van der Waals surface area (Å²) in [6.07, 6.45) is 6.47. The Morgan fingerprint density at radius 2 is 2.06 bits per heavy atom. The molecular weight excluding hydrogens is 247 g/mol. The van der Waals surface area contributed by atoms with Crippen LogP contribution in [0.5, 0.6) is 0 Å². The van der Waals surface area contributed by atoms with E-state index in [9.17, 15) is 4.79 Å². The molecule has 1 aromatic heterocycles. The molecule has 0 saturated heterocycles. The SMILES string of the molecule is C#CCCCNC(=O)c1cc(Cl)nc(Cl)c1. The molecule has 0 aliphatic carbocycles. The van der Waals surface area contributed by atoms with E-state index in [1.807, 2.05) is 0 Å². The van der Waals surface area contributed by atoms with Crippen LogP contribution in [0.4, 0.5) is 0 Å². The molecule has 0 atom stereocenters. The van der Waals surface area contributed by atoms with Gasteiger partial charge in [-0.3, -0.25) is 4.79 Å². The Bertz CT molecular complexity index is 406. The van der Waals surface area contributed by atoms with Crippen LogP contribution in [-0.2, 0) is 0 Å². The van der Waals surface area contributed by atoms with Crippen LogP contribution in [0, 0.1) is 12.3 Å². The van der Waals surface area contributed by atoms with Gasteiger partial charge < -0.3 is 5.32 Å². The van der Waals surface area contributed by atoms with E-state index >= 15 is 0 Å². The van der Waals surface area contributed by atoms with Gasteiger partial charge in [-0.05, 0) is 18.6 Å². The molecule has 0 aliphatic rings. The highest BCUT2D eigenvalue weighted by Gasteiger charge is 2.07. The van der Waals surface area contributed by atoms with Gasteiger partial charge in [0, 0.05) is 18.5 Å². The van der Waals surface area contributed by atoms with E-state index in [4.69, 9.17) is 29.6 Å². The fourth-order valence-electron chi connectivity index (χ4n) is 1.09. The number of pyridine rings is 1. The second-order valence-corrected chi connectivity index (χ2v) is 3.84. The van der Waals surface area contributed by atoms with E-state index in [-0.39, 0.29) is 16.2 Å². The molecule has 1 rings (SSSR count). The number of halogens is 2. The topological polar surface area (TPSA) is 42.0 Å². The summed E-state index contributed by atoms with van der Waals surface area (Å²) in [7, 11) is 0. The van der Waals surface area contributed by atoms with Gasteiger partial charge in [0.25, 0.3) is 5.91 Å². The molecule has 0 aliphatic heterocycles. The predicted molar refractivity (Wildman–Crippen MR) is 64.7 cm³/mol. The summed E-state index contributed by atoms with van der Waals surface area (Å²) in [5.74, 6) is 2.26. The first-order valence-corrected chi connectivity index (χ1v) is 5.44. The maximum atomic E-state index is 11.6.